The van der Waals surface area contributed by atoms with Gasteiger partial charge < -0.3 is 32.9 Å². The van der Waals surface area contributed by atoms with Crippen molar-refractivity contribution in [2.45, 2.75) is 37.3 Å². The lowest BCUT2D eigenvalue weighted by Gasteiger charge is -2.33. The summed E-state index contributed by atoms with van der Waals surface area (Å²) in [6.45, 7) is -5.10. The lowest BCUT2D eigenvalue weighted by Crippen LogP contribution is -2.32. The van der Waals surface area contributed by atoms with E-state index in [1.165, 1.54) is 14.2 Å². The Hall–Kier alpha value is 0.370. The predicted molar refractivity (Wildman–Crippen MR) is 76.5 cm³/mol. The van der Waals surface area contributed by atoms with Crippen molar-refractivity contribution in [3.8, 4) is 0 Å². The second-order valence-corrected chi connectivity index (χ2v) is 7.48. The molecule has 0 aromatic heterocycles. The third-order valence-electron chi connectivity index (χ3n) is 3.32. The molecule has 0 aliphatic carbocycles. The summed E-state index contributed by atoms with van der Waals surface area (Å²) >= 11 is 4.90. The van der Waals surface area contributed by atoms with Crippen LogP contribution in [0.2, 0.25) is 0 Å². The van der Waals surface area contributed by atoms with E-state index < -0.39 is 38.2 Å². The fraction of sp³-hybridized carbons (Fsp3) is 1.00. The number of ether oxygens (including phenoxy) is 4. The van der Waals surface area contributed by atoms with Gasteiger partial charge in [-0.1, -0.05) is 11.8 Å². The van der Waals surface area contributed by atoms with Gasteiger partial charge in [0.2, 0.25) is 0 Å². The van der Waals surface area contributed by atoms with Gasteiger partial charge in [0.1, 0.15) is 18.9 Å². The highest BCUT2D eigenvalue weighted by Crippen LogP contribution is 2.43. The normalized spacial score (nSPS) is 44.3. The zero-order chi connectivity index (χ0) is 17.0. The van der Waals surface area contributed by atoms with Crippen molar-refractivity contribution < 1.29 is 35.6 Å². The fourth-order valence-corrected chi connectivity index (χ4v) is 3.66. The van der Waals surface area contributed by atoms with Crippen LogP contribution in [0.15, 0.2) is 0 Å². The van der Waals surface area contributed by atoms with E-state index >= 15 is 0 Å². The summed E-state index contributed by atoms with van der Waals surface area (Å²) in [6, 6.07) is 0. The van der Waals surface area contributed by atoms with E-state index in [-0.39, 0.29) is 25.7 Å². The smallest absolute Gasteiger partial charge is 0.116 e. The zero-order valence-corrected chi connectivity index (χ0v) is 13.7. The standard InChI is InChI=1S/C12H23O7PS/c1-14-7-11-10(4-6-16-11)19-20(13,21)18-8-12-9(15-2)3-5-17-12/h9-12H,3-8H2,1-2H3,(H,13,21)/p-1/t9-,10-,11+,12+,20?/m0/s1/i5T,6T/t5-,6-,9-,10-,11+,12+,20?. The van der Waals surface area contributed by atoms with Crippen LogP contribution in [0.4, 0.5) is 0 Å². The fourth-order valence-electron chi connectivity index (χ4n) is 2.20. The Kier molecular flexibility index (Phi) is 5.89. The summed E-state index contributed by atoms with van der Waals surface area (Å²) in [5.74, 6) is 0. The predicted octanol–water partition coefficient (Wildman–Crippen LogP) is 0.212. The molecule has 0 N–H and O–H groups in total. The first-order valence-corrected chi connectivity index (χ1v) is 9.21. The van der Waals surface area contributed by atoms with Gasteiger partial charge in [-0.25, -0.2) is 0 Å². The molecular formula is C12H22O7PS-. The van der Waals surface area contributed by atoms with Crippen LogP contribution in [0.5, 0.6) is 0 Å². The molecule has 1 unspecified atom stereocenters. The first kappa shape index (κ1) is 14.9. The van der Waals surface area contributed by atoms with Crippen LogP contribution in [-0.2, 0) is 39.8 Å². The Labute approximate surface area is 132 Å². The molecule has 2 fully saturated rings. The van der Waals surface area contributed by atoms with Crippen LogP contribution >= 0.6 is 6.72 Å². The van der Waals surface area contributed by atoms with Crippen LogP contribution in [0.25, 0.3) is 0 Å². The lowest BCUT2D eigenvalue weighted by molar-refractivity contribution is -0.215. The average Bonchev–Trinajstić information content (AvgIpc) is 2.99. The second-order valence-electron chi connectivity index (χ2n) is 4.77. The van der Waals surface area contributed by atoms with Crippen molar-refractivity contribution in [1.82, 2.24) is 0 Å². The van der Waals surface area contributed by atoms with E-state index in [2.05, 4.69) is 0 Å². The van der Waals surface area contributed by atoms with Crippen molar-refractivity contribution in [3.63, 3.8) is 0 Å². The van der Waals surface area contributed by atoms with Crippen molar-refractivity contribution in [1.29, 1.82) is 0 Å². The molecule has 0 bridgehead atoms. The number of methoxy groups -OCH3 is 2. The summed E-state index contributed by atoms with van der Waals surface area (Å²) in [7, 11) is 3.02. The Morgan fingerprint density at radius 3 is 2.43 bits per heavy atom. The van der Waals surface area contributed by atoms with Crippen LogP contribution in [0.1, 0.15) is 15.6 Å². The molecule has 9 heteroatoms. The molecule has 0 amide bonds. The summed E-state index contributed by atoms with van der Waals surface area (Å²) in [4.78, 5) is 12.3. The van der Waals surface area contributed by atoms with Gasteiger partial charge in [0.15, 0.2) is 0 Å². The first-order valence-electron chi connectivity index (χ1n) is 7.81. The van der Waals surface area contributed by atoms with Crippen LogP contribution in [-0.4, -0.2) is 65.0 Å². The Balaban J connectivity index is 1.85. The van der Waals surface area contributed by atoms with Gasteiger partial charge in [-0.05, 0) is 6.42 Å². The average molecular weight is 345 g/mol. The summed E-state index contributed by atoms with van der Waals surface area (Å²) < 4.78 is 46.6. The van der Waals surface area contributed by atoms with Gasteiger partial charge in [0.25, 0.3) is 0 Å². The second kappa shape index (κ2) is 8.29. The van der Waals surface area contributed by atoms with Crippen molar-refractivity contribution in [3.05, 3.63) is 0 Å². The molecule has 2 heterocycles. The molecule has 0 aromatic rings. The van der Waals surface area contributed by atoms with Crippen molar-refractivity contribution in [2.75, 3.05) is 40.6 Å². The van der Waals surface area contributed by atoms with Crippen LogP contribution in [0, 0.1) is 0 Å². The maximum Gasteiger partial charge on any atom is 0.116 e. The van der Waals surface area contributed by atoms with Gasteiger partial charge in [0, 0.05) is 33.8 Å². The third-order valence-corrected chi connectivity index (χ3v) is 4.89. The van der Waals surface area contributed by atoms with Crippen LogP contribution in [0.3, 0.4) is 0 Å². The third kappa shape index (κ3) is 5.20. The molecule has 7 atom stereocenters. The van der Waals surface area contributed by atoms with Gasteiger partial charge >= 0.3 is 0 Å². The van der Waals surface area contributed by atoms with E-state index in [1.54, 1.807) is 0 Å². The molecule has 0 aromatic carbocycles. The van der Waals surface area contributed by atoms with Crippen molar-refractivity contribution >= 4 is 18.5 Å². The molecule has 0 saturated carbocycles. The van der Waals surface area contributed by atoms with Crippen LogP contribution < -0.4 is 4.89 Å². The molecule has 0 radical (unpaired) electrons. The van der Waals surface area contributed by atoms with E-state index in [9.17, 15) is 4.89 Å². The van der Waals surface area contributed by atoms with E-state index in [1.807, 2.05) is 0 Å². The van der Waals surface area contributed by atoms with Crippen molar-refractivity contribution in [2.24, 2.45) is 0 Å². The summed E-state index contributed by atoms with van der Waals surface area (Å²) in [5, 5.41) is 0. The highest BCUT2D eigenvalue weighted by atomic mass is 32.5. The Morgan fingerprint density at radius 2 is 1.81 bits per heavy atom. The van der Waals surface area contributed by atoms with E-state index in [0.717, 1.165) is 0 Å². The minimum absolute atomic E-state index is 0.0819. The van der Waals surface area contributed by atoms with E-state index in [0.29, 0.717) is 6.42 Å². The largest absolute Gasteiger partial charge is 0.780 e. The number of hydrogen-bond donors (Lipinski definition) is 0. The number of hydrogen-bond acceptors (Lipinski definition) is 8. The molecule has 2 saturated heterocycles. The minimum atomic E-state index is -3.77. The quantitative estimate of drug-likeness (QED) is 0.578. The van der Waals surface area contributed by atoms with Gasteiger partial charge in [-0.15, -0.1) is 0 Å². The van der Waals surface area contributed by atoms with Gasteiger partial charge in [-0.3, -0.25) is 0 Å². The highest BCUT2D eigenvalue weighted by molar-refractivity contribution is 8.06. The minimum Gasteiger partial charge on any atom is -0.780 e. The topological polar surface area (TPSA) is 78.4 Å². The zero-order valence-electron chi connectivity index (χ0n) is 14.0. The van der Waals surface area contributed by atoms with E-state index in [4.69, 9.17) is 42.5 Å². The summed E-state index contributed by atoms with van der Waals surface area (Å²) in [6.07, 6.45) is -1.28. The first-order chi connectivity index (χ1) is 10.8. The monoisotopic (exact) mass is 345 g/mol. The Morgan fingerprint density at radius 1 is 1.19 bits per heavy atom. The maximum absolute atomic E-state index is 12.3. The molecule has 21 heavy (non-hydrogen) atoms. The SMILES string of the molecule is [3H][C@H]1C[C@H](OC)[C@@H](COP([O-])(=S)O[C@H]2C[C@H]([3H])O[C@@H]2COC)O1. The molecular weight excluding hydrogens is 319 g/mol. The van der Waals surface area contributed by atoms with Gasteiger partial charge in [-0.2, -0.15) is 0 Å². The molecule has 7 nitrogen and oxygen atoms in total. The maximum atomic E-state index is 12.3. The highest BCUT2D eigenvalue weighted by Gasteiger charge is 2.33. The number of rotatable bonds is 8. The summed E-state index contributed by atoms with van der Waals surface area (Å²) in [5.41, 5.74) is 0. The molecule has 124 valence electrons. The lowest BCUT2D eigenvalue weighted by atomic mass is 10.2. The Bertz CT molecular complexity index is 432. The molecule has 2 rings (SSSR count). The molecule has 0 spiro atoms. The van der Waals surface area contributed by atoms with Gasteiger partial charge in [0.05, 0.1) is 28.2 Å². The molecule has 2 aliphatic rings. The molecule has 2 aliphatic heterocycles.